The summed E-state index contributed by atoms with van der Waals surface area (Å²) in [6.45, 7) is 21.9. The molecule has 0 bridgehead atoms. The number of nitrogens with zero attached hydrogens (tertiary/aromatic N) is 1. The van der Waals surface area contributed by atoms with E-state index in [-0.39, 0.29) is 17.5 Å². The first-order chi connectivity index (χ1) is 14.3. The van der Waals surface area contributed by atoms with Gasteiger partial charge in [0.1, 0.15) is 0 Å². The van der Waals surface area contributed by atoms with Gasteiger partial charge in [0.25, 0.3) is 5.91 Å². The van der Waals surface area contributed by atoms with Crippen LogP contribution in [-0.4, -0.2) is 40.1 Å². The van der Waals surface area contributed by atoms with Gasteiger partial charge in [0, 0.05) is 24.3 Å². The maximum atomic E-state index is 12.9. The van der Waals surface area contributed by atoms with Gasteiger partial charge in [0.2, 0.25) is 0 Å². The lowest BCUT2D eigenvalue weighted by Crippen LogP contribution is -2.57. The molecule has 170 valence electrons. The van der Waals surface area contributed by atoms with Crippen molar-refractivity contribution in [1.82, 2.24) is 4.90 Å². The van der Waals surface area contributed by atoms with Gasteiger partial charge in [0.05, 0.1) is 0 Å². The Morgan fingerprint density at radius 1 is 1.23 bits per heavy atom. The molecule has 0 saturated heterocycles. The minimum Gasteiger partial charge on any atom is -0.379 e. The molecular formula is C27H40N2O2. The highest BCUT2D eigenvalue weighted by atomic mass is 16.3. The number of anilines is 1. The Morgan fingerprint density at radius 2 is 1.84 bits per heavy atom. The lowest BCUT2D eigenvalue weighted by Gasteiger charge is -2.46. The van der Waals surface area contributed by atoms with E-state index in [9.17, 15) is 9.90 Å². The molecule has 0 spiro atoms. The molecule has 1 aliphatic rings. The second kappa shape index (κ2) is 9.54. The number of aliphatic hydroxyl groups is 1. The van der Waals surface area contributed by atoms with Crippen LogP contribution in [0.5, 0.6) is 0 Å². The molecule has 2 atom stereocenters. The fourth-order valence-electron chi connectivity index (χ4n) is 5.01. The molecule has 1 aromatic rings. The Balaban J connectivity index is 2.32. The zero-order valence-electron chi connectivity index (χ0n) is 20.2. The summed E-state index contributed by atoms with van der Waals surface area (Å²) < 4.78 is 0. The van der Waals surface area contributed by atoms with Crippen molar-refractivity contribution in [1.29, 1.82) is 0 Å². The van der Waals surface area contributed by atoms with E-state index in [1.807, 2.05) is 42.5 Å². The second-order valence-corrected chi connectivity index (χ2v) is 10.5. The second-order valence-electron chi connectivity index (χ2n) is 10.5. The molecule has 1 aliphatic heterocycles. The molecule has 2 N–H and O–H groups in total. The molecule has 2 rings (SSSR count). The van der Waals surface area contributed by atoms with Crippen LogP contribution >= 0.6 is 0 Å². The van der Waals surface area contributed by atoms with Gasteiger partial charge >= 0.3 is 0 Å². The third-order valence-corrected chi connectivity index (χ3v) is 6.38. The summed E-state index contributed by atoms with van der Waals surface area (Å²) in [4.78, 5) is 15.2. The van der Waals surface area contributed by atoms with Crippen molar-refractivity contribution in [3.8, 4) is 0 Å². The summed E-state index contributed by atoms with van der Waals surface area (Å²) in [5.74, 6) is -0.0536. The smallest absolute Gasteiger partial charge is 0.257 e. The summed E-state index contributed by atoms with van der Waals surface area (Å²) in [6.07, 6.45) is 5.68. The lowest BCUT2D eigenvalue weighted by molar-refractivity contribution is -0.136. The number of benzene rings is 1. The standard InChI is InChI=1S/C27H40N2O2/c1-9-21-16-20(3)17-29(26(6,7)18-25(4,5)23(21)10-2)19-27(8,31)24(30)28-22-14-12-11-13-15-22/h9-15,20,31H,1-2,16-19H2,3-8H3,(H,28,30)/b23-21-/t20?,27-/m0/s1. The predicted octanol–water partition coefficient (Wildman–Crippen LogP) is 5.58. The van der Waals surface area contributed by atoms with Gasteiger partial charge in [-0.3, -0.25) is 9.69 Å². The van der Waals surface area contributed by atoms with Crippen molar-refractivity contribution in [3.63, 3.8) is 0 Å². The summed E-state index contributed by atoms with van der Waals surface area (Å²) in [5.41, 5.74) is 1.27. The average Bonchev–Trinajstić information content (AvgIpc) is 2.68. The molecule has 0 aromatic heterocycles. The van der Waals surface area contributed by atoms with E-state index in [2.05, 4.69) is 58.0 Å². The van der Waals surface area contributed by atoms with Crippen LogP contribution in [-0.2, 0) is 4.79 Å². The molecule has 0 saturated carbocycles. The molecule has 1 amide bonds. The number of hydrogen-bond donors (Lipinski definition) is 2. The zero-order valence-corrected chi connectivity index (χ0v) is 20.2. The molecule has 4 heteroatoms. The Hall–Kier alpha value is -2.17. The predicted molar refractivity (Wildman–Crippen MR) is 131 cm³/mol. The third kappa shape index (κ3) is 6.18. The highest BCUT2D eigenvalue weighted by molar-refractivity contribution is 5.97. The molecule has 1 heterocycles. The van der Waals surface area contributed by atoms with Crippen molar-refractivity contribution < 1.29 is 9.90 Å². The monoisotopic (exact) mass is 424 g/mol. The Labute approximate surface area is 188 Å². The zero-order chi connectivity index (χ0) is 23.4. The number of carbonyl (C=O) groups excluding carboxylic acids is 1. The molecule has 31 heavy (non-hydrogen) atoms. The van der Waals surface area contributed by atoms with E-state index in [1.54, 1.807) is 6.92 Å². The van der Waals surface area contributed by atoms with Crippen LogP contribution in [0.2, 0.25) is 0 Å². The van der Waals surface area contributed by atoms with E-state index in [4.69, 9.17) is 0 Å². The number of carbonyl (C=O) groups is 1. The summed E-state index contributed by atoms with van der Waals surface area (Å²) in [7, 11) is 0. The van der Waals surface area contributed by atoms with Crippen LogP contribution in [0, 0.1) is 11.3 Å². The topological polar surface area (TPSA) is 52.6 Å². The van der Waals surface area contributed by atoms with Crippen molar-refractivity contribution in [2.75, 3.05) is 18.4 Å². The number of rotatable bonds is 6. The minimum atomic E-state index is -1.53. The fraction of sp³-hybridized carbons (Fsp3) is 0.519. The molecule has 0 radical (unpaired) electrons. The maximum absolute atomic E-state index is 12.9. The van der Waals surface area contributed by atoms with Gasteiger partial charge in [-0.05, 0) is 68.2 Å². The fourth-order valence-corrected chi connectivity index (χ4v) is 5.01. The van der Waals surface area contributed by atoms with E-state index in [0.717, 1.165) is 19.4 Å². The first-order valence-corrected chi connectivity index (χ1v) is 11.1. The van der Waals surface area contributed by atoms with Gasteiger partial charge in [-0.1, -0.05) is 64.3 Å². The number of β-amino-alcohol motifs (C(OH)–C–C–N with tert-alkyl or cyclic N) is 1. The van der Waals surface area contributed by atoms with Gasteiger partial charge in [-0.15, -0.1) is 0 Å². The number of nitrogens with one attached hydrogen (secondary N) is 1. The molecule has 1 unspecified atom stereocenters. The van der Waals surface area contributed by atoms with E-state index >= 15 is 0 Å². The number of amides is 1. The molecule has 4 nitrogen and oxygen atoms in total. The van der Waals surface area contributed by atoms with E-state index in [0.29, 0.717) is 11.6 Å². The van der Waals surface area contributed by atoms with Gasteiger partial charge in [-0.25, -0.2) is 0 Å². The van der Waals surface area contributed by atoms with Crippen molar-refractivity contribution in [2.24, 2.45) is 11.3 Å². The Morgan fingerprint density at radius 3 is 2.39 bits per heavy atom. The first kappa shape index (κ1) is 25.1. The van der Waals surface area contributed by atoms with Crippen LogP contribution in [0.25, 0.3) is 0 Å². The van der Waals surface area contributed by atoms with Gasteiger partial charge < -0.3 is 10.4 Å². The Kier molecular flexibility index (Phi) is 7.72. The van der Waals surface area contributed by atoms with Gasteiger partial charge in [0.15, 0.2) is 5.60 Å². The Bertz CT molecular complexity index is 834. The molecule has 1 aromatic carbocycles. The number of para-hydroxylation sites is 1. The highest BCUT2D eigenvalue weighted by Crippen LogP contribution is 2.43. The van der Waals surface area contributed by atoms with Crippen LogP contribution < -0.4 is 5.32 Å². The SMILES string of the molecule is C=C/C1=C(\C=C)C(C)(C)CC(C)(C)N(C[C@](C)(O)C(=O)Nc2ccccc2)CC(C)C1. The number of hydrogen-bond acceptors (Lipinski definition) is 3. The molecule has 0 fully saturated rings. The van der Waals surface area contributed by atoms with Crippen LogP contribution in [0.4, 0.5) is 5.69 Å². The quantitative estimate of drug-likeness (QED) is 0.627. The van der Waals surface area contributed by atoms with Crippen LogP contribution in [0.1, 0.15) is 54.4 Å². The largest absolute Gasteiger partial charge is 0.379 e. The molecule has 0 aliphatic carbocycles. The van der Waals surface area contributed by atoms with Crippen LogP contribution in [0.15, 0.2) is 66.8 Å². The normalized spacial score (nSPS) is 26.0. The summed E-state index contributed by atoms with van der Waals surface area (Å²) in [5, 5.41) is 14.0. The van der Waals surface area contributed by atoms with E-state index < -0.39 is 11.5 Å². The minimum absolute atomic E-state index is 0.116. The maximum Gasteiger partial charge on any atom is 0.257 e. The highest BCUT2D eigenvalue weighted by Gasteiger charge is 2.42. The summed E-state index contributed by atoms with van der Waals surface area (Å²) in [6, 6.07) is 9.26. The third-order valence-electron chi connectivity index (χ3n) is 6.38. The van der Waals surface area contributed by atoms with Gasteiger partial charge in [-0.2, -0.15) is 0 Å². The summed E-state index contributed by atoms with van der Waals surface area (Å²) >= 11 is 0. The van der Waals surface area contributed by atoms with Crippen molar-refractivity contribution in [2.45, 2.75) is 65.5 Å². The van der Waals surface area contributed by atoms with E-state index in [1.165, 1.54) is 11.1 Å². The van der Waals surface area contributed by atoms with Crippen molar-refractivity contribution in [3.05, 3.63) is 66.8 Å². The number of allylic oxidation sites excluding steroid dienone is 4. The van der Waals surface area contributed by atoms with Crippen LogP contribution in [0.3, 0.4) is 0 Å². The first-order valence-electron chi connectivity index (χ1n) is 11.1. The lowest BCUT2D eigenvalue weighted by atomic mass is 9.72. The van der Waals surface area contributed by atoms with Crippen molar-refractivity contribution >= 4 is 11.6 Å². The average molecular weight is 425 g/mol. The molecular weight excluding hydrogens is 384 g/mol.